The number of para-hydroxylation sites is 1. The highest BCUT2D eigenvalue weighted by Gasteiger charge is 2.17. The molecule has 2 amide bonds. The van der Waals surface area contributed by atoms with E-state index >= 15 is 0 Å². The zero-order valence-electron chi connectivity index (χ0n) is 12.0. The van der Waals surface area contributed by atoms with Crippen LogP contribution in [0.15, 0.2) is 83.5 Å². The van der Waals surface area contributed by atoms with Crippen molar-refractivity contribution in [3.63, 3.8) is 0 Å². The van der Waals surface area contributed by atoms with E-state index in [1.165, 1.54) is 6.26 Å². The van der Waals surface area contributed by atoms with Crippen molar-refractivity contribution in [3.05, 3.63) is 84.6 Å². The first-order valence-corrected chi connectivity index (χ1v) is 7.04. The van der Waals surface area contributed by atoms with Crippen molar-refractivity contribution >= 4 is 17.6 Å². The molecule has 0 aliphatic heterocycles. The quantitative estimate of drug-likeness (QED) is 0.768. The molecule has 3 aromatic rings. The van der Waals surface area contributed by atoms with Crippen LogP contribution in [0.3, 0.4) is 0 Å². The van der Waals surface area contributed by atoms with Gasteiger partial charge in [0.2, 0.25) is 5.88 Å². The highest BCUT2D eigenvalue weighted by atomic mass is 16.3. The molecule has 110 valence electrons. The van der Waals surface area contributed by atoms with Crippen molar-refractivity contribution in [2.75, 3.05) is 10.2 Å². The standard InChI is InChI=1S/C18H16N2O2/c21-18(19-17-12-7-13-22-17)20(16-10-5-2-6-11-16)14-15-8-3-1-4-9-15/h1-13H,14H2,(H,19,21). The van der Waals surface area contributed by atoms with E-state index in [0.29, 0.717) is 12.4 Å². The zero-order chi connectivity index (χ0) is 15.2. The average Bonchev–Trinajstić information content (AvgIpc) is 3.07. The van der Waals surface area contributed by atoms with E-state index in [9.17, 15) is 4.79 Å². The number of furan rings is 1. The van der Waals surface area contributed by atoms with Crippen LogP contribution < -0.4 is 10.2 Å². The molecule has 0 unspecified atom stereocenters. The van der Waals surface area contributed by atoms with Gasteiger partial charge >= 0.3 is 6.03 Å². The highest BCUT2D eigenvalue weighted by Crippen LogP contribution is 2.19. The normalized spacial score (nSPS) is 10.2. The Morgan fingerprint density at radius 2 is 1.59 bits per heavy atom. The summed E-state index contributed by atoms with van der Waals surface area (Å²) in [5, 5.41) is 2.76. The Hall–Kier alpha value is -3.01. The second-order valence-electron chi connectivity index (χ2n) is 4.81. The van der Waals surface area contributed by atoms with Gasteiger partial charge in [0, 0.05) is 11.8 Å². The Bertz CT molecular complexity index is 709. The molecule has 0 atom stereocenters. The largest absolute Gasteiger partial charge is 0.449 e. The van der Waals surface area contributed by atoms with E-state index in [-0.39, 0.29) is 6.03 Å². The molecular weight excluding hydrogens is 276 g/mol. The lowest BCUT2D eigenvalue weighted by atomic mass is 10.2. The number of anilines is 2. The lowest BCUT2D eigenvalue weighted by molar-refractivity contribution is 0.256. The van der Waals surface area contributed by atoms with E-state index in [1.807, 2.05) is 60.7 Å². The minimum absolute atomic E-state index is 0.231. The minimum Gasteiger partial charge on any atom is -0.449 e. The number of hydrogen-bond acceptors (Lipinski definition) is 2. The van der Waals surface area contributed by atoms with Gasteiger partial charge in [-0.25, -0.2) is 4.79 Å². The summed E-state index contributed by atoms with van der Waals surface area (Å²) in [5.41, 5.74) is 1.89. The number of benzene rings is 2. The van der Waals surface area contributed by atoms with Crippen LogP contribution in [-0.2, 0) is 6.54 Å². The minimum atomic E-state index is -0.231. The van der Waals surface area contributed by atoms with Crippen LogP contribution in [0.2, 0.25) is 0 Å². The SMILES string of the molecule is O=C(Nc1ccco1)N(Cc1ccccc1)c1ccccc1. The fraction of sp³-hybridized carbons (Fsp3) is 0.0556. The van der Waals surface area contributed by atoms with Gasteiger partial charge in [0.15, 0.2) is 0 Å². The Kier molecular flexibility index (Phi) is 4.20. The monoisotopic (exact) mass is 292 g/mol. The lowest BCUT2D eigenvalue weighted by Gasteiger charge is -2.22. The van der Waals surface area contributed by atoms with Crippen LogP contribution >= 0.6 is 0 Å². The smallest absolute Gasteiger partial charge is 0.328 e. The maximum absolute atomic E-state index is 12.6. The summed E-state index contributed by atoms with van der Waals surface area (Å²) in [6, 6.07) is 22.6. The molecular formula is C18H16N2O2. The summed E-state index contributed by atoms with van der Waals surface area (Å²) in [6.07, 6.45) is 1.53. The van der Waals surface area contributed by atoms with E-state index in [4.69, 9.17) is 4.42 Å². The summed E-state index contributed by atoms with van der Waals surface area (Å²) in [6.45, 7) is 0.484. The predicted octanol–water partition coefficient (Wildman–Crippen LogP) is 4.52. The number of rotatable bonds is 4. The molecule has 22 heavy (non-hydrogen) atoms. The molecule has 4 heteroatoms. The van der Waals surface area contributed by atoms with Gasteiger partial charge < -0.3 is 4.42 Å². The molecule has 0 saturated carbocycles. The van der Waals surface area contributed by atoms with Crippen molar-refractivity contribution in [3.8, 4) is 0 Å². The Balaban J connectivity index is 1.84. The second-order valence-corrected chi connectivity index (χ2v) is 4.81. The number of carbonyl (C=O) groups excluding carboxylic acids is 1. The van der Waals surface area contributed by atoms with Crippen molar-refractivity contribution in [1.29, 1.82) is 0 Å². The number of carbonyl (C=O) groups is 1. The molecule has 1 heterocycles. The Labute approximate surface area is 129 Å². The van der Waals surface area contributed by atoms with Gasteiger partial charge in [-0.15, -0.1) is 0 Å². The van der Waals surface area contributed by atoms with Crippen molar-refractivity contribution in [1.82, 2.24) is 0 Å². The number of nitrogens with zero attached hydrogens (tertiary/aromatic N) is 1. The Morgan fingerprint density at radius 3 is 2.23 bits per heavy atom. The number of amides is 2. The van der Waals surface area contributed by atoms with Gasteiger partial charge in [-0.2, -0.15) is 0 Å². The first-order valence-electron chi connectivity index (χ1n) is 7.04. The van der Waals surface area contributed by atoms with Gasteiger partial charge in [0.1, 0.15) is 0 Å². The molecule has 3 rings (SSSR count). The van der Waals surface area contributed by atoms with Crippen LogP contribution in [0.1, 0.15) is 5.56 Å². The second kappa shape index (κ2) is 6.63. The fourth-order valence-corrected chi connectivity index (χ4v) is 2.18. The zero-order valence-corrected chi connectivity index (χ0v) is 12.0. The van der Waals surface area contributed by atoms with Crippen LogP contribution in [-0.4, -0.2) is 6.03 Å². The molecule has 0 fully saturated rings. The third kappa shape index (κ3) is 3.35. The number of urea groups is 1. The molecule has 1 N–H and O–H groups in total. The third-order valence-electron chi connectivity index (χ3n) is 3.25. The topological polar surface area (TPSA) is 45.5 Å². The van der Waals surface area contributed by atoms with Crippen LogP contribution in [0.5, 0.6) is 0 Å². The van der Waals surface area contributed by atoms with Crippen molar-refractivity contribution in [2.45, 2.75) is 6.54 Å². The molecule has 1 aromatic heterocycles. The van der Waals surface area contributed by atoms with Gasteiger partial charge in [-0.05, 0) is 23.8 Å². The maximum atomic E-state index is 12.6. The summed E-state index contributed by atoms with van der Waals surface area (Å²) >= 11 is 0. The summed E-state index contributed by atoms with van der Waals surface area (Å²) < 4.78 is 5.18. The first-order chi connectivity index (χ1) is 10.8. The lowest BCUT2D eigenvalue weighted by Crippen LogP contribution is -2.34. The highest BCUT2D eigenvalue weighted by molar-refractivity contribution is 6.00. The van der Waals surface area contributed by atoms with Crippen LogP contribution in [0.4, 0.5) is 16.4 Å². The summed E-state index contributed by atoms with van der Waals surface area (Å²) in [5.74, 6) is 0.430. The molecule has 0 radical (unpaired) electrons. The van der Waals surface area contributed by atoms with Crippen molar-refractivity contribution in [2.24, 2.45) is 0 Å². The number of nitrogens with one attached hydrogen (secondary N) is 1. The molecule has 0 aliphatic carbocycles. The maximum Gasteiger partial charge on any atom is 0.328 e. The first kappa shape index (κ1) is 13.9. The van der Waals surface area contributed by atoms with Gasteiger partial charge in [0.25, 0.3) is 0 Å². The molecule has 2 aromatic carbocycles. The van der Waals surface area contributed by atoms with Crippen LogP contribution in [0.25, 0.3) is 0 Å². The molecule has 0 aliphatic rings. The van der Waals surface area contributed by atoms with E-state index in [1.54, 1.807) is 17.0 Å². The molecule has 4 nitrogen and oxygen atoms in total. The van der Waals surface area contributed by atoms with Crippen LogP contribution in [0, 0.1) is 0 Å². The summed E-state index contributed by atoms with van der Waals surface area (Å²) in [4.78, 5) is 14.2. The summed E-state index contributed by atoms with van der Waals surface area (Å²) in [7, 11) is 0. The van der Waals surface area contributed by atoms with E-state index < -0.39 is 0 Å². The molecule has 0 spiro atoms. The fourth-order valence-electron chi connectivity index (χ4n) is 2.18. The molecule has 0 saturated heterocycles. The predicted molar refractivity (Wildman–Crippen MR) is 86.8 cm³/mol. The van der Waals surface area contributed by atoms with Gasteiger partial charge in [-0.1, -0.05) is 48.5 Å². The molecule has 0 bridgehead atoms. The van der Waals surface area contributed by atoms with Gasteiger partial charge in [0.05, 0.1) is 12.8 Å². The average molecular weight is 292 g/mol. The van der Waals surface area contributed by atoms with Crippen molar-refractivity contribution < 1.29 is 9.21 Å². The van der Waals surface area contributed by atoms with E-state index in [0.717, 1.165) is 11.3 Å². The Morgan fingerprint density at radius 1 is 0.909 bits per heavy atom. The van der Waals surface area contributed by atoms with E-state index in [2.05, 4.69) is 5.32 Å². The third-order valence-corrected chi connectivity index (χ3v) is 3.25. The van der Waals surface area contributed by atoms with Gasteiger partial charge in [-0.3, -0.25) is 10.2 Å². The number of hydrogen-bond donors (Lipinski definition) is 1.